The highest BCUT2D eigenvalue weighted by molar-refractivity contribution is 6.67. The fourth-order valence-corrected chi connectivity index (χ4v) is 1.46. The Kier molecular flexibility index (Phi) is 2.63. The lowest BCUT2D eigenvalue weighted by Crippen LogP contribution is -2.26. The Balaban J connectivity index is 2.15. The summed E-state index contributed by atoms with van der Waals surface area (Å²) in [5, 5.41) is 18.3. The number of phenols is 2. The minimum Gasteiger partial charge on any atom is -0.508 e. The molecule has 0 bridgehead atoms. The molecular weight excluding hydrogens is 187 g/mol. The van der Waals surface area contributed by atoms with Gasteiger partial charge in [0.05, 0.1) is 0 Å². The average molecular weight is 198 g/mol. The molecule has 0 radical (unpaired) electrons. The van der Waals surface area contributed by atoms with Crippen LogP contribution in [0.3, 0.4) is 0 Å². The van der Waals surface area contributed by atoms with Crippen molar-refractivity contribution in [3.8, 4) is 11.5 Å². The lowest BCUT2D eigenvalue weighted by Gasteiger charge is -2.00. The third kappa shape index (κ3) is 2.53. The van der Waals surface area contributed by atoms with E-state index in [1.54, 1.807) is 24.3 Å². The van der Waals surface area contributed by atoms with E-state index in [0.717, 1.165) is 18.2 Å². The molecule has 0 unspecified atom stereocenters. The molecule has 2 aromatic carbocycles. The van der Waals surface area contributed by atoms with Crippen LogP contribution in [-0.4, -0.2) is 17.5 Å². The van der Waals surface area contributed by atoms with E-state index < -0.39 is 0 Å². The second kappa shape index (κ2) is 4.09. The molecule has 15 heavy (non-hydrogen) atoms. The van der Waals surface area contributed by atoms with Gasteiger partial charge in [0, 0.05) is 0 Å². The summed E-state index contributed by atoms with van der Waals surface area (Å²) in [5.74, 6) is 0.564. The Bertz CT molecular complexity index is 391. The molecule has 0 aliphatic rings. The van der Waals surface area contributed by atoms with Gasteiger partial charge in [-0.3, -0.25) is 0 Å². The summed E-state index contributed by atoms with van der Waals surface area (Å²) in [6, 6.07) is 14.3. The Morgan fingerprint density at radius 2 is 0.933 bits per heavy atom. The molecule has 0 aliphatic carbocycles. The number of phenolic OH excluding ortho intramolecular Hbond substituents is 2. The molecule has 0 aliphatic heterocycles. The number of hydrogen-bond donors (Lipinski definition) is 2. The second-order valence-electron chi connectivity index (χ2n) is 3.51. The average Bonchev–Trinajstić information content (AvgIpc) is 2.25. The maximum Gasteiger partial charge on any atom is 0.192 e. The monoisotopic (exact) mass is 198 g/mol. The van der Waals surface area contributed by atoms with Crippen molar-refractivity contribution in [3.05, 3.63) is 48.5 Å². The minimum absolute atomic E-state index is 0.282. The fraction of sp³-hybridized carbons (Fsp3) is 0. The number of benzene rings is 2. The van der Waals surface area contributed by atoms with Crippen LogP contribution < -0.4 is 10.9 Å². The molecule has 0 fully saturated rings. The van der Waals surface area contributed by atoms with Crippen LogP contribution in [0.15, 0.2) is 48.5 Å². The van der Waals surface area contributed by atoms with Crippen molar-refractivity contribution in [1.29, 1.82) is 0 Å². The fourth-order valence-electron chi connectivity index (χ4n) is 1.46. The summed E-state index contributed by atoms with van der Waals surface area (Å²) in [6.45, 7) is 0. The predicted molar refractivity (Wildman–Crippen MR) is 62.6 cm³/mol. The van der Waals surface area contributed by atoms with Gasteiger partial charge >= 0.3 is 0 Å². The molecule has 2 aromatic rings. The van der Waals surface area contributed by atoms with Gasteiger partial charge in [0.15, 0.2) is 7.28 Å². The van der Waals surface area contributed by atoms with E-state index in [9.17, 15) is 0 Å². The maximum atomic E-state index is 9.13. The van der Waals surface area contributed by atoms with Crippen molar-refractivity contribution in [1.82, 2.24) is 0 Å². The first kappa shape index (κ1) is 9.65. The summed E-state index contributed by atoms with van der Waals surface area (Å²) in [4.78, 5) is 0. The van der Waals surface area contributed by atoms with Crippen LogP contribution in [0, 0.1) is 0 Å². The number of rotatable bonds is 2. The third-order valence-electron chi connectivity index (χ3n) is 2.28. The number of aromatic hydroxyl groups is 2. The zero-order chi connectivity index (χ0) is 10.7. The Morgan fingerprint density at radius 1 is 0.600 bits per heavy atom. The van der Waals surface area contributed by atoms with Crippen molar-refractivity contribution in [2.75, 3.05) is 0 Å². The molecule has 0 aromatic heterocycles. The molecule has 0 heterocycles. The van der Waals surface area contributed by atoms with Crippen molar-refractivity contribution in [2.45, 2.75) is 0 Å². The lowest BCUT2D eigenvalue weighted by molar-refractivity contribution is 0.475. The van der Waals surface area contributed by atoms with Crippen LogP contribution in [0.2, 0.25) is 0 Å². The van der Waals surface area contributed by atoms with Crippen LogP contribution in [0.5, 0.6) is 11.5 Å². The highest BCUT2D eigenvalue weighted by atomic mass is 16.3. The van der Waals surface area contributed by atoms with Gasteiger partial charge in [-0.05, 0) is 24.3 Å². The molecular formula is C12H11BO2. The first-order chi connectivity index (χ1) is 7.24. The molecule has 0 atom stereocenters. The van der Waals surface area contributed by atoms with Gasteiger partial charge in [-0.15, -0.1) is 0 Å². The van der Waals surface area contributed by atoms with E-state index in [1.807, 2.05) is 24.3 Å². The molecule has 74 valence electrons. The summed E-state index contributed by atoms with van der Waals surface area (Å²) >= 11 is 0. The van der Waals surface area contributed by atoms with Crippen LogP contribution in [0.1, 0.15) is 0 Å². The molecule has 0 saturated carbocycles. The molecule has 0 saturated heterocycles. The Hall–Kier alpha value is -1.90. The van der Waals surface area contributed by atoms with Crippen molar-refractivity contribution < 1.29 is 10.2 Å². The second-order valence-corrected chi connectivity index (χ2v) is 3.51. The van der Waals surface area contributed by atoms with Crippen molar-refractivity contribution in [3.63, 3.8) is 0 Å². The van der Waals surface area contributed by atoms with E-state index in [1.165, 1.54) is 0 Å². The van der Waals surface area contributed by atoms with Gasteiger partial charge in [-0.25, -0.2) is 0 Å². The molecule has 2 N–H and O–H groups in total. The van der Waals surface area contributed by atoms with Crippen LogP contribution >= 0.6 is 0 Å². The van der Waals surface area contributed by atoms with Gasteiger partial charge in [-0.2, -0.15) is 0 Å². The number of hydrogen-bond acceptors (Lipinski definition) is 2. The molecule has 0 amide bonds. The SMILES string of the molecule is Oc1ccc(Bc2ccc(O)cc2)cc1. The van der Waals surface area contributed by atoms with Gasteiger partial charge in [0.2, 0.25) is 0 Å². The van der Waals surface area contributed by atoms with Crippen LogP contribution in [-0.2, 0) is 0 Å². The first-order valence-electron chi connectivity index (χ1n) is 4.80. The van der Waals surface area contributed by atoms with Gasteiger partial charge in [-0.1, -0.05) is 35.2 Å². The van der Waals surface area contributed by atoms with Gasteiger partial charge < -0.3 is 10.2 Å². The van der Waals surface area contributed by atoms with E-state index in [-0.39, 0.29) is 11.5 Å². The van der Waals surface area contributed by atoms with Crippen molar-refractivity contribution in [2.24, 2.45) is 0 Å². The normalized spacial score (nSPS) is 9.87. The standard InChI is InChI=1S/C12H11BO2/c14-11-5-1-9(2-6-11)13-10-3-7-12(15)8-4-10/h1-8,13-15H. The topological polar surface area (TPSA) is 40.5 Å². The smallest absolute Gasteiger partial charge is 0.192 e. The largest absolute Gasteiger partial charge is 0.508 e. The van der Waals surface area contributed by atoms with Gasteiger partial charge in [0.25, 0.3) is 0 Å². The summed E-state index contributed by atoms with van der Waals surface area (Å²) in [6.07, 6.45) is 0. The predicted octanol–water partition coefficient (Wildman–Crippen LogP) is 0.485. The molecule has 3 heteroatoms. The van der Waals surface area contributed by atoms with Gasteiger partial charge in [0.1, 0.15) is 11.5 Å². The highest BCUT2D eigenvalue weighted by Gasteiger charge is 1.99. The summed E-state index contributed by atoms with van der Waals surface area (Å²) in [5.41, 5.74) is 2.27. The molecule has 2 nitrogen and oxygen atoms in total. The molecule has 2 rings (SSSR count). The van der Waals surface area contributed by atoms with E-state index >= 15 is 0 Å². The lowest BCUT2D eigenvalue weighted by atomic mass is 9.64. The third-order valence-corrected chi connectivity index (χ3v) is 2.28. The summed E-state index contributed by atoms with van der Waals surface area (Å²) < 4.78 is 0. The van der Waals surface area contributed by atoms with E-state index in [2.05, 4.69) is 0 Å². The maximum absolute atomic E-state index is 9.13. The molecule has 0 spiro atoms. The van der Waals surface area contributed by atoms with Crippen LogP contribution in [0.25, 0.3) is 0 Å². The zero-order valence-electron chi connectivity index (χ0n) is 8.22. The van der Waals surface area contributed by atoms with Crippen molar-refractivity contribution >= 4 is 18.2 Å². The van der Waals surface area contributed by atoms with E-state index in [4.69, 9.17) is 10.2 Å². The Morgan fingerprint density at radius 3 is 1.27 bits per heavy atom. The highest BCUT2D eigenvalue weighted by Crippen LogP contribution is 2.04. The summed E-state index contributed by atoms with van der Waals surface area (Å²) in [7, 11) is 0.806. The quantitative estimate of drug-likeness (QED) is 0.689. The van der Waals surface area contributed by atoms with E-state index in [0.29, 0.717) is 0 Å². The minimum atomic E-state index is 0.282. The Labute approximate surface area is 89.1 Å². The zero-order valence-corrected chi connectivity index (χ0v) is 8.22. The van der Waals surface area contributed by atoms with Crippen LogP contribution in [0.4, 0.5) is 0 Å². The first-order valence-corrected chi connectivity index (χ1v) is 4.80.